The summed E-state index contributed by atoms with van der Waals surface area (Å²) in [7, 11) is 3.46. The Labute approximate surface area is 139 Å². The average Bonchev–Trinajstić information content (AvgIpc) is 3.00. The molecule has 2 aromatic carbocycles. The molecule has 0 spiro atoms. The van der Waals surface area contributed by atoms with Gasteiger partial charge in [0.2, 0.25) is 0 Å². The number of hydrogen-bond donors (Lipinski definition) is 0. The van der Waals surface area contributed by atoms with E-state index in [1.165, 1.54) is 0 Å². The van der Waals surface area contributed by atoms with E-state index in [1.807, 2.05) is 54.6 Å². The standard InChI is InChI=1S/C18H16ClN3O/c1-21(2)18(23)17-12-16(13-8-10-14(19)11-9-13)20-22(17)15-6-4-3-5-7-15/h3-12H,1-2H3. The van der Waals surface area contributed by atoms with Crippen LogP contribution in [0.1, 0.15) is 10.5 Å². The molecule has 4 nitrogen and oxygen atoms in total. The molecule has 0 fully saturated rings. The molecule has 0 N–H and O–H groups in total. The van der Waals surface area contributed by atoms with Crippen LogP contribution < -0.4 is 0 Å². The fourth-order valence-electron chi connectivity index (χ4n) is 2.29. The number of para-hydroxylation sites is 1. The van der Waals surface area contributed by atoms with Gasteiger partial charge in [0.15, 0.2) is 0 Å². The number of benzene rings is 2. The molecule has 116 valence electrons. The normalized spacial score (nSPS) is 10.6. The summed E-state index contributed by atoms with van der Waals surface area (Å²) >= 11 is 5.94. The first-order chi connectivity index (χ1) is 11.1. The number of carbonyl (C=O) groups is 1. The molecule has 0 bridgehead atoms. The first kappa shape index (κ1) is 15.3. The van der Waals surface area contributed by atoms with Crippen molar-refractivity contribution in [1.29, 1.82) is 0 Å². The number of carbonyl (C=O) groups excluding carboxylic acids is 1. The zero-order valence-electron chi connectivity index (χ0n) is 12.9. The lowest BCUT2D eigenvalue weighted by atomic mass is 10.1. The third-order valence-electron chi connectivity index (χ3n) is 3.48. The second kappa shape index (κ2) is 6.26. The number of hydrogen-bond acceptors (Lipinski definition) is 2. The van der Waals surface area contributed by atoms with Crippen LogP contribution in [-0.2, 0) is 0 Å². The molecule has 0 aliphatic heterocycles. The van der Waals surface area contributed by atoms with Crippen molar-refractivity contribution in [3.8, 4) is 16.9 Å². The number of halogens is 1. The minimum atomic E-state index is -0.0958. The summed E-state index contributed by atoms with van der Waals surface area (Å²) < 4.78 is 1.67. The predicted octanol–water partition coefficient (Wildman–Crippen LogP) is 3.89. The van der Waals surface area contributed by atoms with Crippen LogP contribution in [0.2, 0.25) is 5.02 Å². The van der Waals surface area contributed by atoms with Gasteiger partial charge in [-0.1, -0.05) is 41.9 Å². The van der Waals surface area contributed by atoms with Crippen LogP contribution in [0.15, 0.2) is 60.7 Å². The third-order valence-corrected chi connectivity index (χ3v) is 3.73. The Bertz CT molecular complexity index is 823. The lowest BCUT2D eigenvalue weighted by Crippen LogP contribution is -2.24. The minimum Gasteiger partial charge on any atom is -0.343 e. The highest BCUT2D eigenvalue weighted by molar-refractivity contribution is 6.30. The van der Waals surface area contributed by atoms with Gasteiger partial charge in [0, 0.05) is 24.7 Å². The van der Waals surface area contributed by atoms with Crippen molar-refractivity contribution in [1.82, 2.24) is 14.7 Å². The molecular weight excluding hydrogens is 310 g/mol. The maximum Gasteiger partial charge on any atom is 0.272 e. The van der Waals surface area contributed by atoms with Crippen molar-refractivity contribution in [2.75, 3.05) is 14.1 Å². The van der Waals surface area contributed by atoms with Crippen molar-refractivity contribution in [3.05, 3.63) is 71.4 Å². The Morgan fingerprint density at radius 1 is 1.04 bits per heavy atom. The molecule has 3 aromatic rings. The second-order valence-electron chi connectivity index (χ2n) is 5.37. The fraction of sp³-hybridized carbons (Fsp3) is 0.111. The average molecular weight is 326 g/mol. The molecule has 3 rings (SSSR count). The number of aromatic nitrogens is 2. The first-order valence-electron chi connectivity index (χ1n) is 7.19. The summed E-state index contributed by atoms with van der Waals surface area (Å²) in [4.78, 5) is 14.0. The largest absolute Gasteiger partial charge is 0.343 e. The van der Waals surface area contributed by atoms with E-state index in [-0.39, 0.29) is 5.91 Å². The van der Waals surface area contributed by atoms with Gasteiger partial charge in [-0.3, -0.25) is 4.79 Å². The Balaban J connectivity index is 2.14. The highest BCUT2D eigenvalue weighted by atomic mass is 35.5. The van der Waals surface area contributed by atoms with Gasteiger partial charge in [0.1, 0.15) is 5.69 Å². The van der Waals surface area contributed by atoms with Crippen molar-refractivity contribution in [3.63, 3.8) is 0 Å². The van der Waals surface area contributed by atoms with Crippen LogP contribution in [0.5, 0.6) is 0 Å². The summed E-state index contributed by atoms with van der Waals surface area (Å²) in [5.41, 5.74) is 3.01. The molecule has 5 heteroatoms. The smallest absolute Gasteiger partial charge is 0.272 e. The lowest BCUT2D eigenvalue weighted by Gasteiger charge is -2.11. The van der Waals surface area contributed by atoms with Gasteiger partial charge in [-0.05, 0) is 30.3 Å². The van der Waals surface area contributed by atoms with E-state index in [4.69, 9.17) is 11.6 Å². The monoisotopic (exact) mass is 325 g/mol. The van der Waals surface area contributed by atoms with Crippen LogP contribution in [0.3, 0.4) is 0 Å². The van der Waals surface area contributed by atoms with E-state index in [2.05, 4.69) is 5.10 Å². The summed E-state index contributed by atoms with van der Waals surface area (Å²) in [5, 5.41) is 5.28. The summed E-state index contributed by atoms with van der Waals surface area (Å²) in [5.74, 6) is -0.0958. The maximum atomic E-state index is 12.5. The van der Waals surface area contributed by atoms with Crippen LogP contribution in [0.4, 0.5) is 0 Å². The summed E-state index contributed by atoms with van der Waals surface area (Å²) in [6, 6.07) is 18.8. The molecule has 0 saturated heterocycles. The Kier molecular flexibility index (Phi) is 4.17. The van der Waals surface area contributed by atoms with Crippen molar-refractivity contribution >= 4 is 17.5 Å². The number of amides is 1. The summed E-state index contributed by atoms with van der Waals surface area (Å²) in [6.45, 7) is 0. The quantitative estimate of drug-likeness (QED) is 0.732. The minimum absolute atomic E-state index is 0.0958. The SMILES string of the molecule is CN(C)C(=O)c1cc(-c2ccc(Cl)cc2)nn1-c1ccccc1. The van der Waals surface area contributed by atoms with Gasteiger partial charge < -0.3 is 4.90 Å². The fourth-order valence-corrected chi connectivity index (χ4v) is 2.42. The predicted molar refractivity (Wildman–Crippen MR) is 92.0 cm³/mol. The molecule has 1 amide bonds. The Morgan fingerprint density at radius 2 is 1.70 bits per heavy atom. The molecular formula is C18H16ClN3O. The second-order valence-corrected chi connectivity index (χ2v) is 5.81. The first-order valence-corrected chi connectivity index (χ1v) is 7.57. The van der Waals surface area contributed by atoms with Gasteiger partial charge >= 0.3 is 0 Å². The zero-order valence-corrected chi connectivity index (χ0v) is 13.7. The molecule has 1 heterocycles. The van der Waals surface area contributed by atoms with Crippen LogP contribution >= 0.6 is 11.6 Å². The highest BCUT2D eigenvalue weighted by Gasteiger charge is 2.18. The number of rotatable bonds is 3. The van der Waals surface area contributed by atoms with Crippen LogP contribution in [0.25, 0.3) is 16.9 Å². The molecule has 1 aromatic heterocycles. The van der Waals surface area contributed by atoms with Crippen molar-refractivity contribution < 1.29 is 4.79 Å². The Morgan fingerprint density at radius 3 is 2.30 bits per heavy atom. The molecule has 0 radical (unpaired) electrons. The van der Waals surface area contributed by atoms with E-state index in [9.17, 15) is 4.79 Å². The van der Waals surface area contributed by atoms with E-state index in [0.717, 1.165) is 16.9 Å². The number of nitrogens with zero attached hydrogens (tertiary/aromatic N) is 3. The van der Waals surface area contributed by atoms with Gasteiger partial charge in [0.05, 0.1) is 11.4 Å². The molecule has 0 aliphatic rings. The van der Waals surface area contributed by atoms with Gasteiger partial charge in [0.25, 0.3) is 5.91 Å². The van der Waals surface area contributed by atoms with Crippen LogP contribution in [-0.4, -0.2) is 34.7 Å². The zero-order chi connectivity index (χ0) is 16.4. The van der Waals surface area contributed by atoms with Crippen molar-refractivity contribution in [2.45, 2.75) is 0 Å². The highest BCUT2D eigenvalue weighted by Crippen LogP contribution is 2.23. The molecule has 0 unspecified atom stereocenters. The Hall–Kier alpha value is -2.59. The molecule has 0 atom stereocenters. The van der Waals surface area contributed by atoms with E-state index in [0.29, 0.717) is 10.7 Å². The van der Waals surface area contributed by atoms with Crippen molar-refractivity contribution in [2.24, 2.45) is 0 Å². The molecule has 0 saturated carbocycles. The summed E-state index contributed by atoms with van der Waals surface area (Å²) in [6.07, 6.45) is 0. The molecule has 0 aliphatic carbocycles. The maximum absolute atomic E-state index is 12.5. The molecule has 23 heavy (non-hydrogen) atoms. The van der Waals surface area contributed by atoms with Gasteiger partial charge in [-0.15, -0.1) is 0 Å². The van der Waals surface area contributed by atoms with Gasteiger partial charge in [-0.25, -0.2) is 4.68 Å². The van der Waals surface area contributed by atoms with Crippen LogP contribution in [0, 0.1) is 0 Å². The lowest BCUT2D eigenvalue weighted by molar-refractivity contribution is 0.0819. The topological polar surface area (TPSA) is 38.1 Å². The van der Waals surface area contributed by atoms with E-state index < -0.39 is 0 Å². The van der Waals surface area contributed by atoms with Gasteiger partial charge in [-0.2, -0.15) is 5.10 Å². The third kappa shape index (κ3) is 3.12. The van der Waals surface area contributed by atoms with E-state index in [1.54, 1.807) is 29.7 Å². The van der Waals surface area contributed by atoms with E-state index >= 15 is 0 Å².